The van der Waals surface area contributed by atoms with Crippen molar-refractivity contribution in [1.82, 2.24) is 9.99 Å². The first-order valence-corrected chi connectivity index (χ1v) is 9.39. The van der Waals surface area contributed by atoms with Crippen LogP contribution < -0.4 is 10.7 Å². The standard InChI is InChI=1S/C20H26N4OS/c1-14-7-4-5-9-19(14)22-20(26)23-21-12-17-11-15(2)24(16(17)3)13-18-8-6-10-25-18/h4-5,7,9,11-12,18H,6,8,10,13H2,1-3H3,(H2,22,23,26)/b21-12-/t18-/m0/s1. The average molecular weight is 371 g/mol. The third-order valence-electron chi connectivity index (χ3n) is 4.79. The van der Waals surface area contributed by atoms with Crippen molar-refractivity contribution < 1.29 is 4.74 Å². The number of thiocarbonyl (C=S) groups is 1. The smallest absolute Gasteiger partial charge is 0.191 e. The van der Waals surface area contributed by atoms with Crippen molar-refractivity contribution in [1.29, 1.82) is 0 Å². The average Bonchev–Trinajstić information content (AvgIpc) is 3.21. The number of hydrogen-bond donors (Lipinski definition) is 2. The summed E-state index contributed by atoms with van der Waals surface area (Å²) in [6.45, 7) is 8.07. The Labute approximate surface area is 160 Å². The lowest BCUT2D eigenvalue weighted by atomic mass is 10.2. The maximum Gasteiger partial charge on any atom is 0.191 e. The minimum atomic E-state index is 0.327. The molecule has 0 aliphatic carbocycles. The van der Waals surface area contributed by atoms with Gasteiger partial charge in [0.15, 0.2) is 5.11 Å². The molecule has 1 fully saturated rings. The molecule has 3 rings (SSSR count). The summed E-state index contributed by atoms with van der Waals surface area (Å²) in [5, 5.41) is 7.93. The highest BCUT2D eigenvalue weighted by Gasteiger charge is 2.18. The molecule has 1 saturated heterocycles. The van der Waals surface area contributed by atoms with Gasteiger partial charge in [-0.3, -0.25) is 5.43 Å². The molecule has 0 spiro atoms. The van der Waals surface area contributed by atoms with Gasteiger partial charge >= 0.3 is 0 Å². The number of hydrazone groups is 1. The van der Waals surface area contributed by atoms with Gasteiger partial charge in [-0.2, -0.15) is 5.10 Å². The minimum absolute atomic E-state index is 0.327. The maximum atomic E-state index is 5.76. The van der Waals surface area contributed by atoms with Crippen LogP contribution in [0, 0.1) is 20.8 Å². The Morgan fingerprint density at radius 1 is 1.35 bits per heavy atom. The number of anilines is 1. The number of hydrogen-bond acceptors (Lipinski definition) is 3. The summed E-state index contributed by atoms with van der Waals surface area (Å²) in [7, 11) is 0. The van der Waals surface area contributed by atoms with Gasteiger partial charge < -0.3 is 14.6 Å². The summed E-state index contributed by atoms with van der Waals surface area (Å²) in [6, 6.07) is 10.2. The summed E-state index contributed by atoms with van der Waals surface area (Å²) in [6.07, 6.45) is 4.45. The van der Waals surface area contributed by atoms with E-state index in [0.717, 1.165) is 42.8 Å². The van der Waals surface area contributed by atoms with E-state index < -0.39 is 0 Å². The fourth-order valence-corrected chi connectivity index (χ4v) is 3.42. The molecule has 1 aliphatic rings. The van der Waals surface area contributed by atoms with E-state index in [9.17, 15) is 0 Å². The lowest BCUT2D eigenvalue weighted by Crippen LogP contribution is -2.24. The van der Waals surface area contributed by atoms with Gasteiger partial charge in [-0.1, -0.05) is 18.2 Å². The predicted octanol–water partition coefficient (Wildman–Crippen LogP) is 3.91. The lowest BCUT2D eigenvalue weighted by Gasteiger charge is -2.14. The van der Waals surface area contributed by atoms with Gasteiger partial charge in [0.2, 0.25) is 0 Å². The van der Waals surface area contributed by atoms with E-state index in [1.807, 2.05) is 37.4 Å². The summed E-state index contributed by atoms with van der Waals surface area (Å²) >= 11 is 5.31. The van der Waals surface area contributed by atoms with Crippen LogP contribution in [-0.2, 0) is 11.3 Å². The molecule has 0 radical (unpaired) electrons. The van der Waals surface area contributed by atoms with E-state index in [1.54, 1.807) is 0 Å². The molecule has 0 saturated carbocycles. The van der Waals surface area contributed by atoms with E-state index >= 15 is 0 Å². The topological polar surface area (TPSA) is 50.6 Å². The predicted molar refractivity (Wildman–Crippen MR) is 111 cm³/mol. The monoisotopic (exact) mass is 370 g/mol. The van der Waals surface area contributed by atoms with Crippen LogP contribution in [-0.4, -0.2) is 28.6 Å². The molecule has 5 nitrogen and oxygen atoms in total. The first kappa shape index (κ1) is 18.6. The number of nitrogens with zero attached hydrogens (tertiary/aromatic N) is 2. The normalized spacial score (nSPS) is 17.0. The molecule has 0 unspecified atom stereocenters. The summed E-state index contributed by atoms with van der Waals surface area (Å²) in [5.41, 5.74) is 8.52. The van der Waals surface area contributed by atoms with Crippen LogP contribution in [0.1, 0.15) is 35.4 Å². The van der Waals surface area contributed by atoms with Crippen LogP contribution in [0.15, 0.2) is 35.4 Å². The van der Waals surface area contributed by atoms with E-state index in [-0.39, 0.29) is 0 Å². The van der Waals surface area contributed by atoms with Crippen molar-refractivity contribution in [3.63, 3.8) is 0 Å². The Bertz CT molecular complexity index is 806. The second-order valence-corrected chi connectivity index (χ2v) is 7.12. The number of aromatic nitrogens is 1. The Hall–Kier alpha value is -2.18. The quantitative estimate of drug-likeness (QED) is 0.476. The molecule has 0 amide bonds. The lowest BCUT2D eigenvalue weighted by molar-refractivity contribution is 0.0962. The highest BCUT2D eigenvalue weighted by atomic mass is 32.1. The zero-order valence-corrected chi connectivity index (χ0v) is 16.4. The maximum absolute atomic E-state index is 5.76. The van der Waals surface area contributed by atoms with Crippen molar-refractivity contribution in [3.05, 3.63) is 52.8 Å². The van der Waals surface area contributed by atoms with Gasteiger partial charge in [0.05, 0.1) is 12.3 Å². The van der Waals surface area contributed by atoms with Crippen LogP contribution in [0.4, 0.5) is 5.69 Å². The number of ether oxygens (including phenoxy) is 1. The molecular weight excluding hydrogens is 344 g/mol. The SMILES string of the molecule is Cc1ccccc1NC(=S)N/N=C\c1cc(C)n(C[C@@H]2CCCO2)c1C. The van der Waals surface area contributed by atoms with Crippen LogP contribution in [0.3, 0.4) is 0 Å². The molecule has 1 aromatic carbocycles. The van der Waals surface area contributed by atoms with Gasteiger partial charge in [0, 0.05) is 35.8 Å². The molecule has 2 N–H and O–H groups in total. The van der Waals surface area contributed by atoms with E-state index in [4.69, 9.17) is 17.0 Å². The number of benzene rings is 1. The van der Waals surface area contributed by atoms with Crippen molar-refractivity contribution in [3.8, 4) is 0 Å². The highest BCUT2D eigenvalue weighted by molar-refractivity contribution is 7.80. The van der Waals surface area contributed by atoms with Gasteiger partial charge in [-0.25, -0.2) is 0 Å². The molecule has 1 aromatic heterocycles. The number of para-hydroxylation sites is 1. The van der Waals surface area contributed by atoms with Crippen LogP contribution in [0.25, 0.3) is 0 Å². The first-order valence-electron chi connectivity index (χ1n) is 8.98. The Balaban J connectivity index is 1.59. The molecule has 138 valence electrons. The molecule has 0 bridgehead atoms. The van der Waals surface area contributed by atoms with Gasteiger partial charge in [0.1, 0.15) is 0 Å². The van der Waals surface area contributed by atoms with E-state index in [0.29, 0.717) is 11.2 Å². The Kier molecular flexibility index (Phi) is 6.06. The molecule has 26 heavy (non-hydrogen) atoms. The second kappa shape index (κ2) is 8.47. The molecule has 6 heteroatoms. The van der Waals surface area contributed by atoms with Crippen molar-refractivity contribution in [2.75, 3.05) is 11.9 Å². The Morgan fingerprint density at radius 3 is 2.88 bits per heavy atom. The third kappa shape index (κ3) is 4.51. The second-order valence-electron chi connectivity index (χ2n) is 6.71. The first-order chi connectivity index (χ1) is 12.5. The zero-order chi connectivity index (χ0) is 18.5. The molecule has 2 aromatic rings. The molecule has 1 aliphatic heterocycles. The summed E-state index contributed by atoms with van der Waals surface area (Å²) in [4.78, 5) is 0. The Morgan fingerprint density at radius 2 is 2.15 bits per heavy atom. The minimum Gasteiger partial charge on any atom is -0.376 e. The van der Waals surface area contributed by atoms with Gasteiger partial charge in [0.25, 0.3) is 0 Å². The molecular formula is C20H26N4OS. The van der Waals surface area contributed by atoms with Gasteiger partial charge in [-0.05, 0) is 63.5 Å². The van der Waals surface area contributed by atoms with E-state index in [2.05, 4.69) is 40.3 Å². The van der Waals surface area contributed by atoms with Crippen LogP contribution in [0.2, 0.25) is 0 Å². The van der Waals surface area contributed by atoms with Crippen molar-refractivity contribution in [2.45, 2.75) is 46.3 Å². The third-order valence-corrected chi connectivity index (χ3v) is 4.98. The van der Waals surface area contributed by atoms with Gasteiger partial charge in [-0.15, -0.1) is 0 Å². The molecule has 2 heterocycles. The molecule has 1 atom stereocenters. The summed E-state index contributed by atoms with van der Waals surface area (Å²) in [5.74, 6) is 0. The number of rotatable bonds is 5. The van der Waals surface area contributed by atoms with Crippen molar-refractivity contribution in [2.24, 2.45) is 5.10 Å². The fraction of sp³-hybridized carbons (Fsp3) is 0.400. The van der Waals surface area contributed by atoms with Crippen molar-refractivity contribution >= 4 is 29.2 Å². The fourth-order valence-electron chi connectivity index (χ4n) is 3.26. The number of aryl methyl sites for hydroxylation is 2. The highest BCUT2D eigenvalue weighted by Crippen LogP contribution is 2.19. The van der Waals surface area contributed by atoms with Crippen LogP contribution >= 0.6 is 12.2 Å². The number of nitrogens with one attached hydrogen (secondary N) is 2. The summed E-state index contributed by atoms with van der Waals surface area (Å²) < 4.78 is 8.07. The zero-order valence-electron chi connectivity index (χ0n) is 15.6. The largest absolute Gasteiger partial charge is 0.376 e. The van der Waals surface area contributed by atoms with E-state index in [1.165, 1.54) is 11.4 Å². The van der Waals surface area contributed by atoms with Crippen LogP contribution in [0.5, 0.6) is 0 Å².